The molecule has 0 bridgehead atoms. The van der Waals surface area contributed by atoms with Crippen LogP contribution in [0.25, 0.3) is 6.08 Å². The standard InChI is InChI=1S/C19H19F3N2O.C17H19F3NO4P/c1-13-11-23-9-8-14(13)10-15-4-2-3-5-17(15)25-18-7-6-16(12-24-18)19(20,21)22;1-3-23-26(22,24-4-2)12-13-6-5-7-15(10-13)25-16-9-8-14(11-21-16)17(18,19)20/h2-7,10,12-13,23H,8-9,11H2,1H3;5-11H,3-4,12H2,1-2H3/b14-10+;/t13-;/m0./s1. The van der Waals surface area contributed by atoms with Gasteiger partial charge >= 0.3 is 19.9 Å². The molecule has 0 amide bonds. The van der Waals surface area contributed by atoms with Crippen LogP contribution in [-0.4, -0.2) is 36.3 Å². The number of rotatable bonds is 11. The average Bonchev–Trinajstić information content (AvgIpc) is 3.07. The van der Waals surface area contributed by atoms with Crippen LogP contribution in [0.3, 0.4) is 0 Å². The van der Waals surface area contributed by atoms with E-state index in [0.29, 0.717) is 29.2 Å². The molecule has 0 radical (unpaired) electrons. The van der Waals surface area contributed by atoms with E-state index in [9.17, 15) is 30.9 Å². The fourth-order valence-electron chi connectivity index (χ4n) is 4.94. The maximum atomic E-state index is 12.6. The van der Waals surface area contributed by atoms with E-state index < -0.39 is 31.1 Å². The summed E-state index contributed by atoms with van der Waals surface area (Å²) >= 11 is 0. The highest BCUT2D eigenvalue weighted by molar-refractivity contribution is 7.53. The van der Waals surface area contributed by atoms with Crippen LogP contribution in [0.5, 0.6) is 23.3 Å². The highest BCUT2D eigenvalue weighted by Crippen LogP contribution is 2.51. The topological polar surface area (TPSA) is 91.8 Å². The Morgan fingerprint density at radius 2 is 1.43 bits per heavy atom. The lowest BCUT2D eigenvalue weighted by atomic mass is 9.92. The first-order valence-corrected chi connectivity index (χ1v) is 17.8. The molecule has 51 heavy (non-hydrogen) atoms. The van der Waals surface area contributed by atoms with Gasteiger partial charge in [-0.2, -0.15) is 26.3 Å². The van der Waals surface area contributed by atoms with E-state index in [-0.39, 0.29) is 31.1 Å². The van der Waals surface area contributed by atoms with Gasteiger partial charge in [0.25, 0.3) is 0 Å². The van der Waals surface area contributed by atoms with Crippen molar-refractivity contribution in [3.8, 4) is 23.3 Å². The van der Waals surface area contributed by atoms with Crippen LogP contribution >= 0.6 is 7.60 Å². The monoisotopic (exact) mass is 737 g/mol. The number of nitrogens with zero attached hydrogens (tertiary/aromatic N) is 2. The van der Waals surface area contributed by atoms with Gasteiger partial charge in [-0.3, -0.25) is 4.57 Å². The third-order valence-corrected chi connectivity index (χ3v) is 9.48. The predicted octanol–water partition coefficient (Wildman–Crippen LogP) is 10.6. The summed E-state index contributed by atoms with van der Waals surface area (Å²) < 4.78 is 110. The molecule has 2 aromatic carbocycles. The molecule has 274 valence electrons. The van der Waals surface area contributed by atoms with Gasteiger partial charge in [0.2, 0.25) is 11.8 Å². The normalized spacial score (nSPS) is 15.9. The Labute approximate surface area is 292 Å². The number of aromatic nitrogens is 2. The number of hydrogen-bond acceptors (Lipinski definition) is 8. The van der Waals surface area contributed by atoms with Gasteiger partial charge in [-0.1, -0.05) is 48.9 Å². The summed E-state index contributed by atoms with van der Waals surface area (Å²) in [6.07, 6.45) is -4.24. The number of ether oxygens (including phenoxy) is 2. The molecule has 1 aliphatic rings. The molecule has 0 saturated carbocycles. The summed E-state index contributed by atoms with van der Waals surface area (Å²) in [4.78, 5) is 7.43. The van der Waals surface area contributed by atoms with Crippen molar-refractivity contribution < 1.29 is 49.4 Å². The van der Waals surface area contributed by atoms with Crippen LogP contribution in [0.2, 0.25) is 0 Å². The molecule has 1 atom stereocenters. The lowest BCUT2D eigenvalue weighted by Crippen LogP contribution is -2.29. The van der Waals surface area contributed by atoms with Gasteiger partial charge in [-0.05, 0) is 68.6 Å². The SMILES string of the molecule is CCOP(=O)(Cc1cccc(Oc2ccc(C(F)(F)F)cn2)c1)OCC.C[C@H]1CNCC/C1=C\c1ccccc1Oc1ccc(C(F)(F)F)cn1. The molecule has 0 spiro atoms. The van der Waals surface area contributed by atoms with Crippen molar-refractivity contribution in [3.63, 3.8) is 0 Å². The Morgan fingerprint density at radius 3 is 1.98 bits per heavy atom. The number of hydrogen-bond donors (Lipinski definition) is 1. The van der Waals surface area contributed by atoms with Crippen molar-refractivity contribution in [2.45, 2.75) is 45.7 Å². The summed E-state index contributed by atoms with van der Waals surface area (Å²) in [5.74, 6) is 1.53. The lowest BCUT2D eigenvalue weighted by Gasteiger charge is -2.23. The summed E-state index contributed by atoms with van der Waals surface area (Å²) in [6.45, 7) is 8.00. The fourth-order valence-corrected chi connectivity index (χ4v) is 6.63. The molecule has 5 rings (SSSR count). The van der Waals surface area contributed by atoms with E-state index in [1.165, 1.54) is 11.6 Å². The Hall–Kier alpha value is -4.23. The first-order chi connectivity index (χ1) is 24.2. The molecule has 1 fully saturated rings. The van der Waals surface area contributed by atoms with Crippen LogP contribution in [0.4, 0.5) is 26.3 Å². The molecule has 1 N–H and O–H groups in total. The van der Waals surface area contributed by atoms with Crippen LogP contribution < -0.4 is 14.8 Å². The average molecular weight is 738 g/mol. The zero-order chi connectivity index (χ0) is 37.1. The fraction of sp³-hybridized carbons (Fsp3) is 0.333. The summed E-state index contributed by atoms with van der Waals surface area (Å²) in [7, 11) is -3.26. The maximum absolute atomic E-state index is 12.6. The van der Waals surface area contributed by atoms with Crippen molar-refractivity contribution in [2.75, 3.05) is 26.3 Å². The van der Waals surface area contributed by atoms with Gasteiger partial charge in [0.15, 0.2) is 0 Å². The summed E-state index contributed by atoms with van der Waals surface area (Å²) in [5.41, 5.74) is 1.23. The minimum absolute atomic E-state index is 0.0212. The molecule has 1 aliphatic heterocycles. The molecule has 1 saturated heterocycles. The number of para-hydroxylation sites is 1. The van der Waals surface area contributed by atoms with Crippen LogP contribution in [-0.2, 0) is 32.1 Å². The Balaban J connectivity index is 0.000000229. The van der Waals surface area contributed by atoms with Gasteiger partial charge in [0.1, 0.15) is 11.5 Å². The first-order valence-electron chi connectivity index (χ1n) is 16.1. The molecule has 4 aromatic rings. The van der Waals surface area contributed by atoms with E-state index in [1.54, 1.807) is 44.2 Å². The van der Waals surface area contributed by atoms with Gasteiger partial charge in [0, 0.05) is 36.6 Å². The van der Waals surface area contributed by atoms with Crippen molar-refractivity contribution in [1.82, 2.24) is 15.3 Å². The number of alkyl halides is 6. The zero-order valence-electron chi connectivity index (χ0n) is 28.1. The molecule has 2 aromatic heterocycles. The quantitative estimate of drug-likeness (QED) is 0.120. The van der Waals surface area contributed by atoms with Crippen LogP contribution in [0, 0.1) is 5.92 Å². The second-order valence-electron chi connectivity index (χ2n) is 11.3. The predicted molar refractivity (Wildman–Crippen MR) is 181 cm³/mol. The second-order valence-corrected chi connectivity index (χ2v) is 13.4. The van der Waals surface area contributed by atoms with E-state index >= 15 is 0 Å². The first kappa shape index (κ1) is 39.6. The van der Waals surface area contributed by atoms with Gasteiger partial charge in [-0.25, -0.2) is 9.97 Å². The largest absolute Gasteiger partial charge is 0.439 e. The molecular formula is C36H38F6N3O5P. The third-order valence-electron chi connectivity index (χ3n) is 7.42. The summed E-state index contributed by atoms with van der Waals surface area (Å²) in [6, 6.07) is 18.3. The van der Waals surface area contributed by atoms with Crippen LogP contribution in [0.1, 0.15) is 49.4 Å². The highest BCUT2D eigenvalue weighted by atomic mass is 31.2. The Bertz CT molecular complexity index is 1770. The van der Waals surface area contributed by atoms with Gasteiger partial charge in [-0.15, -0.1) is 0 Å². The van der Waals surface area contributed by atoms with Crippen molar-refractivity contribution in [3.05, 3.63) is 113 Å². The third kappa shape index (κ3) is 12.2. The van der Waals surface area contributed by atoms with Crippen molar-refractivity contribution in [2.24, 2.45) is 5.92 Å². The van der Waals surface area contributed by atoms with Gasteiger partial charge in [0.05, 0.1) is 30.5 Å². The minimum Gasteiger partial charge on any atom is -0.439 e. The maximum Gasteiger partial charge on any atom is 0.417 e. The molecule has 15 heteroatoms. The van der Waals surface area contributed by atoms with E-state index in [1.807, 2.05) is 18.2 Å². The number of nitrogens with one attached hydrogen (secondary N) is 1. The molecule has 0 aliphatic carbocycles. The molecular weight excluding hydrogens is 699 g/mol. The second kappa shape index (κ2) is 17.8. The van der Waals surface area contributed by atoms with Gasteiger partial charge < -0.3 is 23.8 Å². The minimum atomic E-state index is -4.45. The molecule has 0 unspecified atom stereocenters. The van der Waals surface area contributed by atoms with E-state index in [0.717, 1.165) is 49.5 Å². The van der Waals surface area contributed by atoms with E-state index in [2.05, 4.69) is 28.3 Å². The zero-order valence-corrected chi connectivity index (χ0v) is 29.0. The van der Waals surface area contributed by atoms with Crippen LogP contribution in [0.15, 0.2) is 90.8 Å². The number of halogens is 6. The molecule has 8 nitrogen and oxygen atoms in total. The smallest absolute Gasteiger partial charge is 0.417 e. The number of pyridine rings is 2. The van der Waals surface area contributed by atoms with Crippen molar-refractivity contribution in [1.29, 1.82) is 0 Å². The van der Waals surface area contributed by atoms with Crippen molar-refractivity contribution >= 4 is 13.7 Å². The number of benzene rings is 2. The highest BCUT2D eigenvalue weighted by Gasteiger charge is 2.31. The summed E-state index contributed by atoms with van der Waals surface area (Å²) in [5, 5.41) is 3.35. The Morgan fingerprint density at radius 1 is 0.824 bits per heavy atom. The number of piperidine rings is 1. The lowest BCUT2D eigenvalue weighted by molar-refractivity contribution is -0.138. The molecule has 3 heterocycles. The Kier molecular flexibility index (Phi) is 13.8. The van der Waals surface area contributed by atoms with E-state index in [4.69, 9.17) is 18.5 Å².